The Morgan fingerprint density at radius 2 is 2.30 bits per heavy atom. The van der Waals surface area contributed by atoms with Crippen LogP contribution in [0.1, 0.15) is 31.4 Å². The van der Waals surface area contributed by atoms with Crippen molar-refractivity contribution in [1.29, 1.82) is 0 Å². The standard InChI is InChI=1S/C15H23BrN4/c1-11-9-19-4-2-3-14(19)10-20(11)15(6-17)12-5-13(16)8-18-7-12/h5,7-8,11,14-15H,2-4,6,9-10,17H2,1H3. The second-order valence-electron chi connectivity index (χ2n) is 6.02. The normalized spacial score (nSPS) is 29.4. The van der Waals surface area contributed by atoms with Crippen LogP contribution in [-0.4, -0.2) is 53.0 Å². The van der Waals surface area contributed by atoms with E-state index < -0.39 is 0 Å². The van der Waals surface area contributed by atoms with E-state index in [1.807, 2.05) is 12.4 Å². The summed E-state index contributed by atoms with van der Waals surface area (Å²) in [6.45, 7) is 6.55. The molecule has 3 rings (SSSR count). The van der Waals surface area contributed by atoms with Gasteiger partial charge in [-0.15, -0.1) is 0 Å². The molecule has 2 saturated heterocycles. The van der Waals surface area contributed by atoms with Gasteiger partial charge in [0.1, 0.15) is 0 Å². The lowest BCUT2D eigenvalue weighted by atomic mass is 10.0. The van der Waals surface area contributed by atoms with E-state index in [4.69, 9.17) is 5.73 Å². The molecule has 3 atom stereocenters. The van der Waals surface area contributed by atoms with Crippen molar-refractivity contribution >= 4 is 15.9 Å². The molecule has 2 fully saturated rings. The lowest BCUT2D eigenvalue weighted by Crippen LogP contribution is -2.56. The van der Waals surface area contributed by atoms with E-state index in [9.17, 15) is 0 Å². The van der Waals surface area contributed by atoms with Gasteiger partial charge in [-0.05, 0) is 53.9 Å². The summed E-state index contributed by atoms with van der Waals surface area (Å²) < 4.78 is 1.03. The molecule has 0 radical (unpaired) electrons. The van der Waals surface area contributed by atoms with E-state index in [2.05, 4.69) is 43.7 Å². The van der Waals surface area contributed by atoms with Crippen molar-refractivity contribution in [2.75, 3.05) is 26.2 Å². The third-order valence-electron chi connectivity index (χ3n) is 4.72. The first-order valence-electron chi connectivity index (χ1n) is 7.49. The Balaban J connectivity index is 1.81. The molecule has 0 aliphatic carbocycles. The lowest BCUT2D eigenvalue weighted by molar-refractivity contribution is 0.0295. The maximum absolute atomic E-state index is 6.09. The number of rotatable bonds is 3. The molecule has 20 heavy (non-hydrogen) atoms. The number of hydrogen-bond acceptors (Lipinski definition) is 4. The van der Waals surface area contributed by atoms with Crippen LogP contribution < -0.4 is 5.73 Å². The van der Waals surface area contributed by atoms with Gasteiger partial charge in [0.05, 0.1) is 0 Å². The van der Waals surface area contributed by atoms with Crippen molar-refractivity contribution in [3.63, 3.8) is 0 Å². The molecule has 0 aromatic carbocycles. The predicted molar refractivity (Wildman–Crippen MR) is 84.5 cm³/mol. The third-order valence-corrected chi connectivity index (χ3v) is 5.15. The number of pyridine rings is 1. The zero-order valence-corrected chi connectivity index (χ0v) is 13.6. The zero-order valence-electron chi connectivity index (χ0n) is 12.0. The Morgan fingerprint density at radius 3 is 3.05 bits per heavy atom. The molecule has 1 aromatic heterocycles. The number of nitrogens with two attached hydrogens (primary N) is 1. The fraction of sp³-hybridized carbons (Fsp3) is 0.667. The van der Waals surface area contributed by atoms with Crippen molar-refractivity contribution < 1.29 is 0 Å². The van der Waals surface area contributed by atoms with Gasteiger partial charge in [0.2, 0.25) is 0 Å². The second-order valence-corrected chi connectivity index (χ2v) is 6.94. The summed E-state index contributed by atoms with van der Waals surface area (Å²) in [6, 6.07) is 3.70. The number of aromatic nitrogens is 1. The SMILES string of the molecule is CC1CN2CCCC2CN1C(CN)c1cncc(Br)c1. The number of nitrogens with zero attached hydrogens (tertiary/aromatic N) is 3. The van der Waals surface area contributed by atoms with Crippen LogP contribution in [0.5, 0.6) is 0 Å². The molecular weight excluding hydrogens is 316 g/mol. The molecule has 2 N–H and O–H groups in total. The first kappa shape index (κ1) is 14.4. The Hall–Kier alpha value is -0.490. The molecule has 0 spiro atoms. The van der Waals surface area contributed by atoms with Crippen LogP contribution >= 0.6 is 15.9 Å². The molecule has 1 aromatic rings. The van der Waals surface area contributed by atoms with Crippen molar-refractivity contribution in [3.8, 4) is 0 Å². The van der Waals surface area contributed by atoms with Gasteiger partial charge < -0.3 is 5.73 Å². The second kappa shape index (κ2) is 6.10. The molecular formula is C15H23BrN4. The summed E-state index contributed by atoms with van der Waals surface area (Å²) in [7, 11) is 0. The van der Waals surface area contributed by atoms with Crippen molar-refractivity contribution in [3.05, 3.63) is 28.5 Å². The number of halogens is 1. The molecule has 0 bridgehead atoms. The van der Waals surface area contributed by atoms with Crippen LogP contribution in [0.2, 0.25) is 0 Å². The maximum atomic E-state index is 6.09. The predicted octanol–water partition coefficient (Wildman–Crippen LogP) is 2.01. The van der Waals surface area contributed by atoms with Gasteiger partial charge in [-0.1, -0.05) is 0 Å². The first-order valence-corrected chi connectivity index (χ1v) is 8.28. The number of piperazine rings is 1. The van der Waals surface area contributed by atoms with Gasteiger partial charge in [-0.2, -0.15) is 0 Å². The monoisotopic (exact) mass is 338 g/mol. The van der Waals surface area contributed by atoms with Crippen LogP contribution in [0.4, 0.5) is 0 Å². The highest BCUT2D eigenvalue weighted by atomic mass is 79.9. The van der Waals surface area contributed by atoms with E-state index in [1.54, 1.807) is 0 Å². The van der Waals surface area contributed by atoms with E-state index in [1.165, 1.54) is 31.5 Å². The fourth-order valence-electron chi connectivity index (χ4n) is 3.72. The minimum absolute atomic E-state index is 0.276. The van der Waals surface area contributed by atoms with Gasteiger partial charge in [0.15, 0.2) is 0 Å². The highest BCUT2D eigenvalue weighted by Crippen LogP contribution is 2.31. The fourth-order valence-corrected chi connectivity index (χ4v) is 4.10. The molecule has 4 nitrogen and oxygen atoms in total. The highest BCUT2D eigenvalue weighted by Gasteiger charge is 2.37. The molecule has 3 unspecified atom stereocenters. The summed E-state index contributed by atoms with van der Waals surface area (Å²) in [5, 5.41) is 0. The number of fused-ring (bicyclic) bond motifs is 1. The summed E-state index contributed by atoms with van der Waals surface area (Å²) in [5.41, 5.74) is 7.31. The third kappa shape index (κ3) is 2.77. The molecule has 0 saturated carbocycles. The van der Waals surface area contributed by atoms with Crippen molar-refractivity contribution in [2.45, 2.75) is 37.9 Å². The molecule has 2 aliphatic heterocycles. The van der Waals surface area contributed by atoms with E-state index in [-0.39, 0.29) is 6.04 Å². The van der Waals surface area contributed by atoms with Crippen molar-refractivity contribution in [2.24, 2.45) is 5.73 Å². The van der Waals surface area contributed by atoms with E-state index in [0.29, 0.717) is 12.6 Å². The Kier molecular flexibility index (Phi) is 4.40. The number of hydrogen-bond donors (Lipinski definition) is 1. The van der Waals surface area contributed by atoms with E-state index >= 15 is 0 Å². The summed E-state index contributed by atoms with van der Waals surface area (Å²) in [4.78, 5) is 9.53. The molecule has 3 heterocycles. The van der Waals surface area contributed by atoms with E-state index in [0.717, 1.165) is 17.1 Å². The quantitative estimate of drug-likeness (QED) is 0.915. The van der Waals surface area contributed by atoms with Gasteiger partial charge in [0.25, 0.3) is 0 Å². The van der Waals surface area contributed by atoms with Crippen molar-refractivity contribution in [1.82, 2.24) is 14.8 Å². The lowest BCUT2D eigenvalue weighted by Gasteiger charge is -2.46. The minimum atomic E-state index is 0.276. The van der Waals surface area contributed by atoms with Crippen LogP contribution in [0.25, 0.3) is 0 Å². The minimum Gasteiger partial charge on any atom is -0.329 e. The van der Waals surface area contributed by atoms with Gasteiger partial charge in [-0.25, -0.2) is 0 Å². The van der Waals surface area contributed by atoms with Gasteiger partial charge >= 0.3 is 0 Å². The average Bonchev–Trinajstić information content (AvgIpc) is 2.87. The highest BCUT2D eigenvalue weighted by molar-refractivity contribution is 9.10. The molecule has 0 amide bonds. The summed E-state index contributed by atoms with van der Waals surface area (Å²) in [5.74, 6) is 0. The Labute approximate surface area is 129 Å². The molecule has 2 aliphatic rings. The van der Waals surface area contributed by atoms with Crippen LogP contribution in [0.15, 0.2) is 22.9 Å². The summed E-state index contributed by atoms with van der Waals surface area (Å²) >= 11 is 3.51. The largest absolute Gasteiger partial charge is 0.329 e. The Bertz CT molecular complexity index is 467. The molecule has 5 heteroatoms. The zero-order chi connectivity index (χ0) is 14.1. The molecule has 110 valence electrons. The van der Waals surface area contributed by atoms with Crippen LogP contribution in [-0.2, 0) is 0 Å². The van der Waals surface area contributed by atoms with Gasteiger partial charge in [0, 0.05) is 54.6 Å². The van der Waals surface area contributed by atoms with Crippen LogP contribution in [0, 0.1) is 0 Å². The van der Waals surface area contributed by atoms with Gasteiger partial charge in [-0.3, -0.25) is 14.8 Å². The maximum Gasteiger partial charge on any atom is 0.0490 e. The Morgan fingerprint density at radius 1 is 1.45 bits per heavy atom. The summed E-state index contributed by atoms with van der Waals surface area (Å²) in [6.07, 6.45) is 6.46. The topological polar surface area (TPSA) is 45.4 Å². The average molecular weight is 339 g/mol. The smallest absolute Gasteiger partial charge is 0.0490 e. The first-order chi connectivity index (χ1) is 9.69. The van der Waals surface area contributed by atoms with Crippen LogP contribution in [0.3, 0.4) is 0 Å².